The average molecular weight is 305 g/mol. The minimum absolute atomic E-state index is 0.123. The zero-order valence-corrected chi connectivity index (χ0v) is 13.2. The molecular weight excluding hydrogens is 284 g/mol. The molecule has 0 aliphatic carbocycles. The summed E-state index contributed by atoms with van der Waals surface area (Å²) in [4.78, 5) is 4.23. The molecule has 1 N–H and O–H groups in total. The van der Waals surface area contributed by atoms with Crippen LogP contribution in [0.15, 0.2) is 42.7 Å². The summed E-state index contributed by atoms with van der Waals surface area (Å²) in [6, 6.07) is 9.62. The van der Waals surface area contributed by atoms with E-state index in [9.17, 15) is 0 Å². The Balaban J connectivity index is 2.08. The van der Waals surface area contributed by atoms with E-state index in [1.807, 2.05) is 42.7 Å². The van der Waals surface area contributed by atoms with Gasteiger partial charge in [0.1, 0.15) is 12.4 Å². The van der Waals surface area contributed by atoms with E-state index in [0.29, 0.717) is 11.6 Å². The van der Waals surface area contributed by atoms with Crippen molar-refractivity contribution in [3.63, 3.8) is 0 Å². The summed E-state index contributed by atoms with van der Waals surface area (Å²) >= 11 is 5.98. The van der Waals surface area contributed by atoms with Gasteiger partial charge in [-0.25, -0.2) is 0 Å². The summed E-state index contributed by atoms with van der Waals surface area (Å²) < 4.78 is 5.88. The molecule has 0 radical (unpaired) electrons. The second kappa shape index (κ2) is 8.01. The Kier molecular flexibility index (Phi) is 6.03. The lowest BCUT2D eigenvalue weighted by Gasteiger charge is -2.21. The fourth-order valence-electron chi connectivity index (χ4n) is 2.15. The Morgan fingerprint density at radius 1 is 1.33 bits per heavy atom. The number of pyridine rings is 1. The number of aryl methyl sites for hydroxylation is 1. The number of nitrogens with one attached hydrogen (secondary N) is 1. The predicted molar refractivity (Wildman–Crippen MR) is 87.0 cm³/mol. The second-order valence-electron chi connectivity index (χ2n) is 5.01. The third kappa shape index (κ3) is 4.73. The first-order chi connectivity index (χ1) is 10.2. The van der Waals surface area contributed by atoms with Gasteiger partial charge in [0.2, 0.25) is 0 Å². The van der Waals surface area contributed by atoms with Crippen LogP contribution in [0, 0.1) is 6.92 Å². The Bertz CT molecular complexity index is 574. The number of hydrogen-bond acceptors (Lipinski definition) is 3. The average Bonchev–Trinajstić information content (AvgIpc) is 2.48. The van der Waals surface area contributed by atoms with Gasteiger partial charge in [0.15, 0.2) is 0 Å². The van der Waals surface area contributed by atoms with E-state index >= 15 is 0 Å². The first kappa shape index (κ1) is 15.8. The van der Waals surface area contributed by atoms with Crippen molar-refractivity contribution in [3.05, 3.63) is 58.9 Å². The molecule has 0 spiro atoms. The van der Waals surface area contributed by atoms with Crippen LogP contribution in [0.4, 0.5) is 0 Å². The molecule has 4 heteroatoms. The predicted octanol–water partition coefficient (Wildman–Crippen LogP) is 4.16. The van der Waals surface area contributed by atoms with Crippen LogP contribution in [0.1, 0.15) is 30.5 Å². The summed E-state index contributed by atoms with van der Waals surface area (Å²) in [5, 5.41) is 4.20. The fraction of sp³-hybridized carbons (Fsp3) is 0.353. The van der Waals surface area contributed by atoms with Gasteiger partial charge in [-0.2, -0.15) is 0 Å². The van der Waals surface area contributed by atoms with Gasteiger partial charge >= 0.3 is 0 Å². The minimum atomic E-state index is 0.123. The lowest BCUT2D eigenvalue weighted by molar-refractivity contribution is 0.266. The SMILES string of the molecule is CCCNC(COc1cccc(Cl)c1)c1cnccc1C. The van der Waals surface area contributed by atoms with E-state index in [2.05, 4.69) is 24.1 Å². The molecular formula is C17H21ClN2O. The standard InChI is InChI=1S/C17H21ClN2O/c1-3-8-20-17(16-11-19-9-7-13(16)2)12-21-15-6-4-5-14(18)10-15/h4-7,9-11,17,20H,3,8,12H2,1-2H3. The van der Waals surface area contributed by atoms with Crippen LogP contribution in [-0.4, -0.2) is 18.1 Å². The van der Waals surface area contributed by atoms with Gasteiger partial charge in [0.25, 0.3) is 0 Å². The maximum Gasteiger partial charge on any atom is 0.120 e. The number of ether oxygens (including phenoxy) is 1. The van der Waals surface area contributed by atoms with E-state index in [-0.39, 0.29) is 6.04 Å². The number of hydrogen-bond donors (Lipinski definition) is 1. The summed E-state index contributed by atoms with van der Waals surface area (Å²) in [5.41, 5.74) is 2.39. The van der Waals surface area contributed by atoms with Crippen molar-refractivity contribution in [1.82, 2.24) is 10.3 Å². The Labute approximate surface area is 131 Å². The summed E-state index contributed by atoms with van der Waals surface area (Å²) in [7, 11) is 0. The quantitative estimate of drug-likeness (QED) is 0.834. The van der Waals surface area contributed by atoms with Crippen molar-refractivity contribution in [3.8, 4) is 5.75 Å². The third-order valence-electron chi connectivity index (χ3n) is 3.31. The molecule has 1 unspecified atom stereocenters. The molecule has 112 valence electrons. The molecule has 3 nitrogen and oxygen atoms in total. The highest BCUT2D eigenvalue weighted by Gasteiger charge is 2.14. The zero-order chi connectivity index (χ0) is 15.1. The summed E-state index contributed by atoms with van der Waals surface area (Å²) in [6.07, 6.45) is 4.80. The molecule has 1 atom stereocenters. The molecule has 2 rings (SSSR count). The van der Waals surface area contributed by atoms with Gasteiger partial charge in [-0.1, -0.05) is 24.6 Å². The number of aromatic nitrogens is 1. The smallest absolute Gasteiger partial charge is 0.120 e. The number of halogens is 1. The van der Waals surface area contributed by atoms with Gasteiger partial charge in [-0.3, -0.25) is 4.98 Å². The van der Waals surface area contributed by atoms with Gasteiger partial charge in [-0.15, -0.1) is 0 Å². The van der Waals surface area contributed by atoms with Crippen molar-refractivity contribution in [1.29, 1.82) is 0 Å². The van der Waals surface area contributed by atoms with Crippen LogP contribution in [-0.2, 0) is 0 Å². The molecule has 0 bridgehead atoms. The molecule has 1 heterocycles. The van der Waals surface area contributed by atoms with Crippen LogP contribution in [0.3, 0.4) is 0 Å². The monoisotopic (exact) mass is 304 g/mol. The van der Waals surface area contributed by atoms with Crippen LogP contribution < -0.4 is 10.1 Å². The van der Waals surface area contributed by atoms with Crippen molar-refractivity contribution < 1.29 is 4.74 Å². The molecule has 1 aromatic heterocycles. The number of rotatable bonds is 7. The van der Waals surface area contributed by atoms with E-state index in [4.69, 9.17) is 16.3 Å². The Hall–Kier alpha value is -1.58. The van der Waals surface area contributed by atoms with E-state index in [1.54, 1.807) is 0 Å². The summed E-state index contributed by atoms with van der Waals surface area (Å²) in [5.74, 6) is 0.785. The molecule has 1 aromatic carbocycles. The van der Waals surface area contributed by atoms with Crippen LogP contribution in [0.2, 0.25) is 5.02 Å². The van der Waals surface area contributed by atoms with Gasteiger partial charge < -0.3 is 10.1 Å². The summed E-state index contributed by atoms with van der Waals surface area (Å²) in [6.45, 7) is 5.74. The van der Waals surface area contributed by atoms with Crippen molar-refractivity contribution in [2.75, 3.05) is 13.2 Å². The first-order valence-corrected chi connectivity index (χ1v) is 7.60. The van der Waals surface area contributed by atoms with Crippen LogP contribution in [0.25, 0.3) is 0 Å². The van der Waals surface area contributed by atoms with Crippen LogP contribution >= 0.6 is 11.6 Å². The lowest BCUT2D eigenvalue weighted by Crippen LogP contribution is -2.28. The number of nitrogens with zero attached hydrogens (tertiary/aromatic N) is 1. The molecule has 2 aromatic rings. The molecule has 0 aliphatic rings. The van der Waals surface area contributed by atoms with Crippen molar-refractivity contribution >= 4 is 11.6 Å². The molecule has 0 saturated heterocycles. The van der Waals surface area contributed by atoms with Gasteiger partial charge in [0, 0.05) is 17.4 Å². The highest BCUT2D eigenvalue weighted by molar-refractivity contribution is 6.30. The minimum Gasteiger partial charge on any atom is -0.492 e. The van der Waals surface area contributed by atoms with E-state index in [0.717, 1.165) is 18.7 Å². The van der Waals surface area contributed by atoms with Crippen LogP contribution in [0.5, 0.6) is 5.75 Å². The van der Waals surface area contributed by atoms with E-state index < -0.39 is 0 Å². The maximum atomic E-state index is 5.98. The molecule has 0 aliphatic heterocycles. The molecule has 21 heavy (non-hydrogen) atoms. The Morgan fingerprint density at radius 2 is 2.19 bits per heavy atom. The van der Waals surface area contributed by atoms with Crippen molar-refractivity contribution in [2.45, 2.75) is 26.3 Å². The highest BCUT2D eigenvalue weighted by Crippen LogP contribution is 2.21. The molecule has 0 amide bonds. The van der Waals surface area contributed by atoms with Crippen molar-refractivity contribution in [2.24, 2.45) is 0 Å². The largest absolute Gasteiger partial charge is 0.492 e. The maximum absolute atomic E-state index is 5.98. The lowest BCUT2D eigenvalue weighted by atomic mass is 10.0. The van der Waals surface area contributed by atoms with Gasteiger partial charge in [0.05, 0.1) is 6.04 Å². The normalized spacial score (nSPS) is 12.1. The first-order valence-electron chi connectivity index (χ1n) is 7.23. The second-order valence-corrected chi connectivity index (χ2v) is 5.44. The number of benzene rings is 1. The molecule has 0 saturated carbocycles. The van der Waals surface area contributed by atoms with E-state index in [1.165, 1.54) is 11.1 Å². The fourth-order valence-corrected chi connectivity index (χ4v) is 2.33. The van der Waals surface area contributed by atoms with Gasteiger partial charge in [-0.05, 0) is 55.3 Å². The molecule has 0 fully saturated rings. The third-order valence-corrected chi connectivity index (χ3v) is 3.54. The Morgan fingerprint density at radius 3 is 2.90 bits per heavy atom. The highest BCUT2D eigenvalue weighted by atomic mass is 35.5. The topological polar surface area (TPSA) is 34.1 Å². The zero-order valence-electron chi connectivity index (χ0n) is 12.5.